The monoisotopic (exact) mass is 775 g/mol. The molecule has 8 nitrogen and oxygen atoms in total. The quantitative estimate of drug-likeness (QED) is 0.0764. The van der Waals surface area contributed by atoms with Gasteiger partial charge in [-0.05, 0) is 51.4 Å². The van der Waals surface area contributed by atoms with Crippen LogP contribution in [0.2, 0.25) is 0 Å². The van der Waals surface area contributed by atoms with Gasteiger partial charge in [0.15, 0.2) is 0 Å². The highest BCUT2D eigenvalue weighted by Gasteiger charge is 2.29. The number of hydrogen-bond acceptors (Lipinski definition) is 8. The normalized spacial score (nSPS) is 21.3. The second-order valence-electron chi connectivity index (χ2n) is 17.6. The van der Waals surface area contributed by atoms with Crippen molar-refractivity contribution in [2.75, 3.05) is 52.9 Å². The van der Waals surface area contributed by atoms with Gasteiger partial charge in [-0.2, -0.15) is 0 Å². The van der Waals surface area contributed by atoms with E-state index in [-0.39, 0.29) is 55.9 Å². The Labute approximate surface area is 334 Å². The van der Waals surface area contributed by atoms with Crippen LogP contribution in [0.3, 0.4) is 0 Å². The largest absolute Gasteiger partial charge is 0.396 e. The number of hydrogen-bond donors (Lipinski definition) is 8. The van der Waals surface area contributed by atoms with E-state index in [0.717, 1.165) is 64.2 Å². The highest BCUT2D eigenvalue weighted by molar-refractivity contribution is 4.80. The van der Waals surface area contributed by atoms with Gasteiger partial charge in [-0.3, -0.25) is 0 Å². The molecule has 3 aliphatic carbocycles. The Morgan fingerprint density at radius 3 is 0.500 bits per heavy atom. The predicted molar refractivity (Wildman–Crippen MR) is 226 cm³/mol. The minimum absolute atomic E-state index is 0.156. The average Bonchev–Trinajstić information content (AvgIpc) is 3.22. The number of aliphatic hydroxyl groups excluding tert-OH is 8. The maximum Gasteiger partial charge on any atom is 0.0509 e. The number of rotatable bonds is 15. The molecule has 0 amide bonds. The second-order valence-corrected chi connectivity index (χ2v) is 17.6. The van der Waals surface area contributed by atoms with Gasteiger partial charge in [0.25, 0.3) is 0 Å². The van der Waals surface area contributed by atoms with Gasteiger partial charge in [0, 0.05) is 29.5 Å². The van der Waals surface area contributed by atoms with Gasteiger partial charge in [0.05, 0.1) is 39.6 Å². The Morgan fingerprint density at radius 2 is 0.352 bits per heavy atom. The van der Waals surface area contributed by atoms with Crippen molar-refractivity contribution >= 4 is 0 Å². The molecule has 0 unspecified atom stereocenters. The Hall–Kier alpha value is -0.320. The third-order valence-electron chi connectivity index (χ3n) is 12.8. The zero-order chi connectivity index (χ0) is 39.9. The molecule has 0 saturated heterocycles. The van der Waals surface area contributed by atoms with Crippen molar-refractivity contribution in [3.8, 4) is 0 Å². The van der Waals surface area contributed by atoms with E-state index in [1.165, 1.54) is 161 Å². The summed E-state index contributed by atoms with van der Waals surface area (Å²) in [5, 5.41) is 73.2. The Morgan fingerprint density at radius 1 is 0.204 bits per heavy atom. The van der Waals surface area contributed by atoms with Crippen LogP contribution in [0.25, 0.3) is 0 Å². The fraction of sp³-hybridized carbons (Fsp3) is 1.00. The Balaban J connectivity index is 0.000000695. The molecular weight excluding hydrogens is 680 g/mol. The SMILES string of the molecule is OCC1(CO)CCCCCCCCC1.OCC1(CO)CCCCCCCCC1.OCC1(CO)CCCCCCCCC1.OCCCCCCCCCCO. The molecule has 0 radical (unpaired) electrons. The summed E-state index contributed by atoms with van der Waals surface area (Å²) in [5.74, 6) is 0. The van der Waals surface area contributed by atoms with Crippen LogP contribution < -0.4 is 0 Å². The molecule has 0 aromatic heterocycles. The minimum atomic E-state index is -0.169. The van der Waals surface area contributed by atoms with Crippen molar-refractivity contribution in [1.29, 1.82) is 0 Å². The third kappa shape index (κ3) is 28.1. The van der Waals surface area contributed by atoms with Crippen molar-refractivity contribution < 1.29 is 40.9 Å². The molecule has 0 aromatic rings. The van der Waals surface area contributed by atoms with Crippen LogP contribution in [-0.2, 0) is 0 Å². The molecule has 0 bridgehead atoms. The van der Waals surface area contributed by atoms with Crippen LogP contribution in [-0.4, -0.2) is 93.7 Å². The van der Waals surface area contributed by atoms with Gasteiger partial charge in [-0.25, -0.2) is 0 Å². The molecule has 8 N–H and O–H groups in total. The summed E-state index contributed by atoms with van der Waals surface area (Å²) in [6.07, 6.45) is 42.0. The number of unbranched alkanes of at least 4 members (excludes halogenated alkanes) is 7. The van der Waals surface area contributed by atoms with Gasteiger partial charge in [0.2, 0.25) is 0 Å². The van der Waals surface area contributed by atoms with Crippen LogP contribution in [0, 0.1) is 16.2 Å². The minimum Gasteiger partial charge on any atom is -0.396 e. The second kappa shape index (κ2) is 38.2. The highest BCUT2D eigenvalue weighted by Crippen LogP contribution is 2.34. The van der Waals surface area contributed by atoms with Crippen LogP contribution in [0.1, 0.15) is 225 Å². The Kier molecular flexibility index (Phi) is 38.0. The van der Waals surface area contributed by atoms with E-state index < -0.39 is 0 Å². The molecule has 0 spiro atoms. The third-order valence-corrected chi connectivity index (χ3v) is 12.8. The maximum absolute atomic E-state index is 9.36. The lowest BCUT2D eigenvalue weighted by atomic mass is 9.78. The fourth-order valence-electron chi connectivity index (χ4n) is 8.41. The summed E-state index contributed by atoms with van der Waals surface area (Å²) in [6.45, 7) is 1.61. The number of aliphatic hydroxyl groups is 8. The first-order valence-electron chi connectivity index (χ1n) is 23.3. The molecule has 0 aliphatic heterocycles. The van der Waals surface area contributed by atoms with Crippen molar-refractivity contribution in [3.63, 3.8) is 0 Å². The van der Waals surface area contributed by atoms with Crippen molar-refractivity contribution in [3.05, 3.63) is 0 Å². The lowest BCUT2D eigenvalue weighted by Gasteiger charge is -2.30. The van der Waals surface area contributed by atoms with Gasteiger partial charge >= 0.3 is 0 Å². The molecule has 3 fully saturated rings. The summed E-state index contributed by atoms with van der Waals surface area (Å²) in [5.41, 5.74) is -0.508. The standard InChI is InChI=1S/3C12H24O2.C10H22O2/c3*13-10-12(11-14)8-6-4-2-1-3-5-7-9-12;11-9-7-5-3-1-2-4-6-8-10-12/h3*13-14H,1-11H2;11-12H,1-10H2. The summed E-state index contributed by atoms with van der Waals surface area (Å²) >= 11 is 0. The summed E-state index contributed by atoms with van der Waals surface area (Å²) in [4.78, 5) is 0. The first-order chi connectivity index (χ1) is 26.4. The molecular formula is C46H94O8. The zero-order valence-corrected chi connectivity index (χ0v) is 35.5. The van der Waals surface area contributed by atoms with E-state index >= 15 is 0 Å². The predicted octanol–water partition coefficient (Wildman–Crippen LogP) is 9.54. The molecule has 8 heteroatoms. The first kappa shape index (κ1) is 53.7. The lowest BCUT2D eigenvalue weighted by Crippen LogP contribution is -2.30. The molecule has 54 heavy (non-hydrogen) atoms. The smallest absolute Gasteiger partial charge is 0.0509 e. The molecule has 0 aromatic carbocycles. The van der Waals surface area contributed by atoms with E-state index in [0.29, 0.717) is 13.2 Å². The van der Waals surface area contributed by atoms with Crippen molar-refractivity contribution in [2.45, 2.75) is 225 Å². The van der Waals surface area contributed by atoms with E-state index in [9.17, 15) is 30.6 Å². The van der Waals surface area contributed by atoms with E-state index in [4.69, 9.17) is 10.2 Å². The first-order valence-corrected chi connectivity index (χ1v) is 23.3. The highest BCUT2D eigenvalue weighted by atomic mass is 16.3. The Bertz CT molecular complexity index is 611. The molecule has 0 heterocycles. The van der Waals surface area contributed by atoms with Crippen LogP contribution in [0.5, 0.6) is 0 Å². The van der Waals surface area contributed by atoms with E-state index in [1.54, 1.807) is 0 Å². The van der Waals surface area contributed by atoms with E-state index in [1.807, 2.05) is 0 Å². The van der Waals surface area contributed by atoms with Gasteiger partial charge in [0.1, 0.15) is 0 Å². The fourth-order valence-corrected chi connectivity index (χ4v) is 8.41. The summed E-state index contributed by atoms with van der Waals surface area (Å²) in [7, 11) is 0. The maximum atomic E-state index is 9.36. The van der Waals surface area contributed by atoms with Gasteiger partial charge in [-0.15, -0.1) is 0 Å². The zero-order valence-electron chi connectivity index (χ0n) is 35.5. The molecule has 3 aliphatic rings. The summed E-state index contributed by atoms with van der Waals surface area (Å²) in [6, 6.07) is 0. The van der Waals surface area contributed by atoms with Gasteiger partial charge < -0.3 is 40.9 Å². The average molecular weight is 775 g/mol. The molecule has 3 rings (SSSR count). The van der Waals surface area contributed by atoms with Crippen LogP contribution in [0.4, 0.5) is 0 Å². The molecule has 0 atom stereocenters. The summed E-state index contributed by atoms with van der Waals surface area (Å²) < 4.78 is 0. The lowest BCUT2D eigenvalue weighted by molar-refractivity contribution is 0.0343. The van der Waals surface area contributed by atoms with Crippen molar-refractivity contribution in [1.82, 2.24) is 0 Å². The topological polar surface area (TPSA) is 162 Å². The molecule has 326 valence electrons. The van der Waals surface area contributed by atoms with Crippen LogP contribution >= 0.6 is 0 Å². The van der Waals surface area contributed by atoms with E-state index in [2.05, 4.69) is 0 Å². The van der Waals surface area contributed by atoms with Gasteiger partial charge in [-0.1, -0.05) is 173 Å². The van der Waals surface area contributed by atoms with Crippen molar-refractivity contribution in [2.24, 2.45) is 16.2 Å². The van der Waals surface area contributed by atoms with Crippen LogP contribution in [0.15, 0.2) is 0 Å². The molecule has 3 saturated carbocycles.